The number of halogens is 1. The Balaban J connectivity index is 1.88. The highest BCUT2D eigenvalue weighted by Crippen LogP contribution is 2.30. The summed E-state index contributed by atoms with van der Waals surface area (Å²) < 4.78 is 25.7. The van der Waals surface area contributed by atoms with Crippen LogP contribution in [-0.2, 0) is 14.3 Å². The molecular weight excluding hydrogens is 441 g/mol. The maximum absolute atomic E-state index is 13.4. The first-order valence-electron chi connectivity index (χ1n) is 11.0. The van der Waals surface area contributed by atoms with Crippen LogP contribution in [0.15, 0.2) is 36.8 Å². The van der Waals surface area contributed by atoms with Crippen molar-refractivity contribution in [2.75, 3.05) is 26.7 Å². The van der Waals surface area contributed by atoms with Crippen molar-refractivity contribution in [2.45, 2.75) is 51.4 Å². The van der Waals surface area contributed by atoms with Gasteiger partial charge in [-0.3, -0.25) is 9.69 Å². The smallest absolute Gasteiger partial charge is 0.410 e. The molecule has 3 atom stereocenters. The third-order valence-electron chi connectivity index (χ3n) is 5.75. The average Bonchev–Trinajstić information content (AvgIpc) is 3.27. The lowest BCUT2D eigenvalue weighted by Gasteiger charge is -2.42. The zero-order valence-electron chi connectivity index (χ0n) is 20.1. The molecule has 2 aromatic rings. The van der Waals surface area contributed by atoms with Crippen LogP contribution in [0.1, 0.15) is 51.0 Å². The highest BCUT2D eigenvalue weighted by Gasteiger charge is 2.41. The first kappa shape index (κ1) is 25.2. The van der Waals surface area contributed by atoms with E-state index in [1.54, 1.807) is 50.3 Å². The van der Waals surface area contributed by atoms with Gasteiger partial charge in [-0.25, -0.2) is 14.2 Å². The largest absolute Gasteiger partial charge is 0.468 e. The highest BCUT2D eigenvalue weighted by molar-refractivity contribution is 5.78. The number of piperazine rings is 1. The zero-order valence-corrected chi connectivity index (χ0v) is 20.1. The van der Waals surface area contributed by atoms with Gasteiger partial charge in [0.05, 0.1) is 44.0 Å². The normalized spacial score (nSPS) is 18.6. The van der Waals surface area contributed by atoms with Gasteiger partial charge >= 0.3 is 12.1 Å². The molecule has 10 heteroatoms. The van der Waals surface area contributed by atoms with E-state index in [1.807, 2.05) is 11.5 Å². The molecule has 9 nitrogen and oxygen atoms in total. The second-order valence-electron chi connectivity index (χ2n) is 9.19. The van der Waals surface area contributed by atoms with Crippen molar-refractivity contribution in [2.24, 2.45) is 0 Å². The number of rotatable bonds is 5. The molecular formula is C24H30FN5O4. The summed E-state index contributed by atoms with van der Waals surface area (Å²) in [5.74, 6) is -0.883. The van der Waals surface area contributed by atoms with Gasteiger partial charge in [-0.2, -0.15) is 5.26 Å². The number of amides is 1. The summed E-state index contributed by atoms with van der Waals surface area (Å²) in [6, 6.07) is 6.50. The Kier molecular flexibility index (Phi) is 7.57. The molecule has 1 aliphatic rings. The number of methoxy groups -OCH3 is 1. The Bertz CT molecular complexity index is 1060. The second-order valence-corrected chi connectivity index (χ2v) is 9.19. The molecule has 0 bridgehead atoms. The fourth-order valence-electron chi connectivity index (χ4n) is 4.01. The molecule has 1 amide bonds. The summed E-state index contributed by atoms with van der Waals surface area (Å²) in [6.45, 7) is 7.80. The summed E-state index contributed by atoms with van der Waals surface area (Å²) in [5.41, 5.74) is 0.753. The van der Waals surface area contributed by atoms with Crippen LogP contribution in [0.4, 0.5) is 9.18 Å². The number of carbonyl (C=O) groups is 2. The van der Waals surface area contributed by atoms with E-state index in [1.165, 1.54) is 24.1 Å². The molecule has 2 heterocycles. The third kappa shape index (κ3) is 5.54. The van der Waals surface area contributed by atoms with E-state index in [9.17, 15) is 19.2 Å². The van der Waals surface area contributed by atoms with E-state index in [0.29, 0.717) is 5.69 Å². The predicted molar refractivity (Wildman–Crippen MR) is 121 cm³/mol. The van der Waals surface area contributed by atoms with Gasteiger partial charge in [0.15, 0.2) is 0 Å². The Morgan fingerprint density at radius 1 is 1.24 bits per heavy atom. The van der Waals surface area contributed by atoms with Crippen molar-refractivity contribution < 1.29 is 23.5 Å². The fraction of sp³-hybridized carbons (Fsp3) is 0.500. The van der Waals surface area contributed by atoms with Gasteiger partial charge in [0.2, 0.25) is 0 Å². The van der Waals surface area contributed by atoms with Crippen LogP contribution in [0, 0.1) is 17.1 Å². The predicted octanol–water partition coefficient (Wildman–Crippen LogP) is 3.29. The standard InChI is InChI=1S/C24H30FN5O4/c1-16(17-6-8-18(25)9-7-17)30-15-27-13-20(30)19(12-26)29-11-10-28(14-21(29)22(31)33-5)23(32)34-24(2,3)4/h6-9,13,15-16,19,21H,10-11,14H2,1-5H3. The van der Waals surface area contributed by atoms with Crippen molar-refractivity contribution in [1.29, 1.82) is 5.26 Å². The molecule has 0 N–H and O–H groups in total. The van der Waals surface area contributed by atoms with Crippen molar-refractivity contribution >= 4 is 12.1 Å². The van der Waals surface area contributed by atoms with E-state index in [4.69, 9.17) is 9.47 Å². The maximum atomic E-state index is 13.4. The molecule has 0 radical (unpaired) electrons. The van der Waals surface area contributed by atoms with E-state index in [2.05, 4.69) is 11.1 Å². The minimum absolute atomic E-state index is 0.0292. The van der Waals surface area contributed by atoms with Gasteiger partial charge in [-0.15, -0.1) is 0 Å². The molecule has 1 aromatic heterocycles. The minimum Gasteiger partial charge on any atom is -0.468 e. The molecule has 0 aliphatic carbocycles. The SMILES string of the molecule is COC(=O)C1CN(C(=O)OC(C)(C)C)CCN1C(C#N)c1cncn1C(C)c1ccc(F)cc1. The van der Waals surface area contributed by atoms with E-state index < -0.39 is 29.7 Å². The van der Waals surface area contributed by atoms with Crippen molar-refractivity contribution in [3.63, 3.8) is 0 Å². The Hall–Kier alpha value is -3.45. The number of hydrogen-bond acceptors (Lipinski definition) is 7. The molecule has 1 aliphatic heterocycles. The lowest BCUT2D eigenvalue weighted by molar-refractivity contribution is -0.150. The van der Waals surface area contributed by atoms with Crippen LogP contribution in [0.25, 0.3) is 0 Å². The zero-order chi connectivity index (χ0) is 25.0. The fourth-order valence-corrected chi connectivity index (χ4v) is 4.01. The van der Waals surface area contributed by atoms with E-state index >= 15 is 0 Å². The number of aromatic nitrogens is 2. The van der Waals surface area contributed by atoms with Crippen LogP contribution in [0.2, 0.25) is 0 Å². The first-order valence-corrected chi connectivity index (χ1v) is 11.0. The van der Waals surface area contributed by atoms with E-state index in [0.717, 1.165) is 5.56 Å². The van der Waals surface area contributed by atoms with Gasteiger partial charge in [0.1, 0.15) is 23.5 Å². The summed E-state index contributed by atoms with van der Waals surface area (Å²) in [6.07, 6.45) is 2.67. The number of hydrogen-bond donors (Lipinski definition) is 0. The molecule has 1 fully saturated rings. The number of imidazole rings is 1. The van der Waals surface area contributed by atoms with Gasteiger partial charge in [0.25, 0.3) is 0 Å². The van der Waals surface area contributed by atoms with Crippen molar-refractivity contribution in [1.82, 2.24) is 19.4 Å². The summed E-state index contributed by atoms with van der Waals surface area (Å²) >= 11 is 0. The summed E-state index contributed by atoms with van der Waals surface area (Å²) in [4.78, 5) is 32.7. The van der Waals surface area contributed by atoms with Gasteiger partial charge in [-0.1, -0.05) is 12.1 Å². The lowest BCUT2D eigenvalue weighted by Crippen LogP contribution is -2.59. The quantitative estimate of drug-likeness (QED) is 0.617. The second kappa shape index (κ2) is 10.2. The highest BCUT2D eigenvalue weighted by atomic mass is 19.1. The summed E-state index contributed by atoms with van der Waals surface area (Å²) in [5, 5.41) is 10.1. The Labute approximate surface area is 198 Å². The number of nitriles is 1. The van der Waals surface area contributed by atoms with Crippen LogP contribution in [0.5, 0.6) is 0 Å². The topological polar surface area (TPSA) is 101 Å². The van der Waals surface area contributed by atoms with Gasteiger partial charge in [-0.05, 0) is 45.4 Å². The molecule has 182 valence electrons. The molecule has 0 spiro atoms. The molecule has 1 aromatic carbocycles. The van der Waals surface area contributed by atoms with Gasteiger partial charge in [0, 0.05) is 13.1 Å². The molecule has 3 unspecified atom stereocenters. The van der Waals surface area contributed by atoms with Crippen LogP contribution in [-0.4, -0.2) is 69.8 Å². The Morgan fingerprint density at radius 3 is 2.50 bits per heavy atom. The van der Waals surface area contributed by atoms with Crippen LogP contribution >= 0.6 is 0 Å². The number of carbonyl (C=O) groups excluding carboxylic acids is 2. The average molecular weight is 472 g/mol. The number of ether oxygens (including phenoxy) is 2. The molecule has 1 saturated heterocycles. The number of benzene rings is 1. The number of nitrogens with zero attached hydrogens (tertiary/aromatic N) is 5. The monoisotopic (exact) mass is 471 g/mol. The Morgan fingerprint density at radius 2 is 1.91 bits per heavy atom. The summed E-state index contributed by atoms with van der Waals surface area (Å²) in [7, 11) is 1.27. The van der Waals surface area contributed by atoms with Crippen molar-refractivity contribution in [3.8, 4) is 6.07 Å². The van der Waals surface area contributed by atoms with E-state index in [-0.39, 0.29) is 31.5 Å². The molecule has 34 heavy (non-hydrogen) atoms. The molecule has 0 saturated carbocycles. The number of esters is 1. The van der Waals surface area contributed by atoms with Crippen molar-refractivity contribution in [3.05, 3.63) is 53.9 Å². The molecule has 3 rings (SSSR count). The van der Waals surface area contributed by atoms with Gasteiger partial charge < -0.3 is 18.9 Å². The van der Waals surface area contributed by atoms with Crippen LogP contribution < -0.4 is 0 Å². The van der Waals surface area contributed by atoms with Crippen LogP contribution in [0.3, 0.4) is 0 Å². The first-order chi connectivity index (χ1) is 16.1. The third-order valence-corrected chi connectivity index (χ3v) is 5.75. The maximum Gasteiger partial charge on any atom is 0.410 e. The lowest BCUT2D eigenvalue weighted by atomic mass is 10.0. The minimum atomic E-state index is -0.861.